The van der Waals surface area contributed by atoms with Gasteiger partial charge in [0, 0.05) is 12.2 Å². The van der Waals surface area contributed by atoms with Crippen molar-refractivity contribution >= 4 is 29.2 Å². The highest BCUT2D eigenvalue weighted by Gasteiger charge is 2.46. The van der Waals surface area contributed by atoms with Gasteiger partial charge in [-0.2, -0.15) is 0 Å². The highest BCUT2D eigenvalue weighted by atomic mass is 16.5. The Hall–Kier alpha value is -3.35. The van der Waals surface area contributed by atoms with Gasteiger partial charge in [0.1, 0.15) is 11.8 Å². The molecular formula is C23H27N3O4. The third-order valence-corrected chi connectivity index (χ3v) is 4.89. The molecule has 2 aromatic rings. The second-order valence-corrected chi connectivity index (χ2v) is 7.84. The SMILES string of the molecule is COc1ccc(NC(=O)C[C@@H]2C(=O)N(c3cccc(C)c3)C(=O)N2CC(C)C)cc1. The molecular weight excluding hydrogens is 382 g/mol. The summed E-state index contributed by atoms with van der Waals surface area (Å²) in [4.78, 5) is 41.6. The Balaban J connectivity index is 1.80. The van der Waals surface area contributed by atoms with Crippen molar-refractivity contribution in [3.8, 4) is 5.75 Å². The van der Waals surface area contributed by atoms with Crippen LogP contribution in [0.4, 0.5) is 16.2 Å². The molecule has 7 heteroatoms. The van der Waals surface area contributed by atoms with Crippen LogP contribution in [0.25, 0.3) is 0 Å². The van der Waals surface area contributed by atoms with Crippen LogP contribution >= 0.6 is 0 Å². The Morgan fingerprint density at radius 3 is 2.43 bits per heavy atom. The standard InChI is InChI=1S/C23H27N3O4/c1-15(2)14-25-20(13-21(27)24-17-8-10-19(30-4)11-9-17)22(28)26(23(25)29)18-7-5-6-16(3)12-18/h5-12,15,20H,13-14H2,1-4H3,(H,24,27)/t20-/m1/s1. The molecule has 0 aliphatic carbocycles. The lowest BCUT2D eigenvalue weighted by Crippen LogP contribution is -2.40. The van der Waals surface area contributed by atoms with E-state index in [1.165, 1.54) is 9.80 Å². The third kappa shape index (κ3) is 4.62. The van der Waals surface area contributed by atoms with E-state index >= 15 is 0 Å². The number of carbonyl (C=O) groups excluding carboxylic acids is 3. The van der Waals surface area contributed by atoms with Crippen LogP contribution in [-0.2, 0) is 9.59 Å². The van der Waals surface area contributed by atoms with Gasteiger partial charge in [-0.3, -0.25) is 9.59 Å². The predicted octanol–water partition coefficient (Wildman–Crippen LogP) is 3.83. The van der Waals surface area contributed by atoms with Crippen LogP contribution in [-0.4, -0.2) is 42.4 Å². The van der Waals surface area contributed by atoms with Crippen LogP contribution in [0.2, 0.25) is 0 Å². The van der Waals surface area contributed by atoms with Gasteiger partial charge in [0.05, 0.1) is 19.2 Å². The number of anilines is 2. The van der Waals surface area contributed by atoms with Gasteiger partial charge in [-0.05, 0) is 54.8 Å². The van der Waals surface area contributed by atoms with Crippen LogP contribution in [0.5, 0.6) is 5.75 Å². The van der Waals surface area contributed by atoms with E-state index in [-0.39, 0.29) is 30.2 Å². The van der Waals surface area contributed by atoms with E-state index < -0.39 is 6.04 Å². The molecule has 0 bridgehead atoms. The van der Waals surface area contributed by atoms with E-state index in [1.807, 2.05) is 32.9 Å². The van der Waals surface area contributed by atoms with E-state index in [1.54, 1.807) is 43.5 Å². The van der Waals surface area contributed by atoms with Gasteiger partial charge < -0.3 is 15.0 Å². The number of nitrogens with one attached hydrogen (secondary N) is 1. The lowest BCUT2D eigenvalue weighted by Gasteiger charge is -2.23. The van der Waals surface area contributed by atoms with Crippen molar-refractivity contribution in [2.45, 2.75) is 33.2 Å². The van der Waals surface area contributed by atoms with E-state index in [9.17, 15) is 14.4 Å². The summed E-state index contributed by atoms with van der Waals surface area (Å²) in [7, 11) is 1.57. The van der Waals surface area contributed by atoms with Crippen molar-refractivity contribution < 1.29 is 19.1 Å². The van der Waals surface area contributed by atoms with Crippen LogP contribution < -0.4 is 15.0 Å². The average molecular weight is 409 g/mol. The molecule has 4 amide bonds. The summed E-state index contributed by atoms with van der Waals surface area (Å²) in [6, 6.07) is 12.9. The Labute approximate surface area is 176 Å². The number of nitrogens with zero attached hydrogens (tertiary/aromatic N) is 2. The summed E-state index contributed by atoms with van der Waals surface area (Å²) in [6.07, 6.45) is -0.106. The lowest BCUT2D eigenvalue weighted by molar-refractivity contribution is -0.124. The van der Waals surface area contributed by atoms with Crippen molar-refractivity contribution in [1.82, 2.24) is 4.90 Å². The highest BCUT2D eigenvalue weighted by molar-refractivity contribution is 6.22. The van der Waals surface area contributed by atoms with Crippen LogP contribution in [0.3, 0.4) is 0 Å². The smallest absolute Gasteiger partial charge is 0.332 e. The molecule has 2 aromatic carbocycles. The van der Waals surface area contributed by atoms with E-state index in [2.05, 4.69) is 5.32 Å². The van der Waals surface area contributed by atoms with Gasteiger partial charge in [-0.25, -0.2) is 9.69 Å². The summed E-state index contributed by atoms with van der Waals surface area (Å²) in [5, 5.41) is 2.79. The van der Waals surface area contributed by atoms with Crippen molar-refractivity contribution in [1.29, 1.82) is 0 Å². The van der Waals surface area contributed by atoms with E-state index in [0.29, 0.717) is 23.7 Å². The van der Waals surface area contributed by atoms with Crippen LogP contribution in [0.1, 0.15) is 25.8 Å². The molecule has 1 fully saturated rings. The number of aryl methyl sites for hydroxylation is 1. The molecule has 0 radical (unpaired) electrons. The molecule has 1 N–H and O–H groups in total. The fraction of sp³-hybridized carbons (Fsp3) is 0.348. The second kappa shape index (κ2) is 8.98. The van der Waals surface area contributed by atoms with Gasteiger partial charge in [-0.1, -0.05) is 26.0 Å². The predicted molar refractivity (Wildman–Crippen MR) is 116 cm³/mol. The minimum absolute atomic E-state index is 0.106. The molecule has 1 saturated heterocycles. The van der Waals surface area contributed by atoms with Crippen LogP contribution in [0, 0.1) is 12.8 Å². The number of carbonyl (C=O) groups is 3. The fourth-order valence-corrected chi connectivity index (χ4v) is 3.50. The molecule has 30 heavy (non-hydrogen) atoms. The number of urea groups is 1. The van der Waals surface area contributed by atoms with Crippen LogP contribution in [0.15, 0.2) is 48.5 Å². The van der Waals surface area contributed by atoms with E-state index in [0.717, 1.165) is 5.56 Å². The van der Waals surface area contributed by atoms with E-state index in [4.69, 9.17) is 4.74 Å². The van der Waals surface area contributed by atoms with Gasteiger partial charge in [0.15, 0.2) is 0 Å². The molecule has 0 spiro atoms. The molecule has 1 atom stereocenters. The van der Waals surface area contributed by atoms with Crippen molar-refractivity contribution in [2.24, 2.45) is 5.92 Å². The molecule has 0 unspecified atom stereocenters. The minimum atomic E-state index is -0.835. The number of methoxy groups -OCH3 is 1. The molecule has 1 heterocycles. The van der Waals surface area contributed by atoms with Crippen molar-refractivity contribution in [3.05, 3.63) is 54.1 Å². The third-order valence-electron chi connectivity index (χ3n) is 4.89. The topological polar surface area (TPSA) is 79.0 Å². The Kier molecular flexibility index (Phi) is 6.40. The normalized spacial score (nSPS) is 16.4. The molecule has 7 nitrogen and oxygen atoms in total. The zero-order valence-corrected chi connectivity index (χ0v) is 17.7. The maximum absolute atomic E-state index is 13.2. The van der Waals surface area contributed by atoms with Gasteiger partial charge in [0.25, 0.3) is 5.91 Å². The Morgan fingerprint density at radius 2 is 1.83 bits per heavy atom. The summed E-state index contributed by atoms with van der Waals surface area (Å²) in [6.45, 7) is 6.25. The molecule has 0 aromatic heterocycles. The zero-order chi connectivity index (χ0) is 21.8. The molecule has 1 aliphatic heterocycles. The van der Waals surface area contributed by atoms with Gasteiger partial charge in [-0.15, -0.1) is 0 Å². The molecule has 3 rings (SSSR count). The van der Waals surface area contributed by atoms with Gasteiger partial charge in [0.2, 0.25) is 5.91 Å². The number of benzene rings is 2. The quantitative estimate of drug-likeness (QED) is 0.705. The first-order valence-electron chi connectivity index (χ1n) is 9.95. The van der Waals surface area contributed by atoms with Crippen molar-refractivity contribution in [3.63, 3.8) is 0 Å². The van der Waals surface area contributed by atoms with Crippen molar-refractivity contribution in [2.75, 3.05) is 23.9 Å². The first-order chi connectivity index (χ1) is 14.3. The summed E-state index contributed by atoms with van der Waals surface area (Å²) in [5.74, 6) is 0.134. The average Bonchev–Trinajstić information content (AvgIpc) is 2.92. The van der Waals surface area contributed by atoms with Gasteiger partial charge >= 0.3 is 6.03 Å². The number of hydrogen-bond donors (Lipinski definition) is 1. The first kappa shape index (κ1) is 21.4. The maximum Gasteiger partial charge on any atom is 0.332 e. The number of ether oxygens (including phenoxy) is 1. The summed E-state index contributed by atoms with van der Waals surface area (Å²) < 4.78 is 5.11. The Morgan fingerprint density at radius 1 is 1.13 bits per heavy atom. The maximum atomic E-state index is 13.2. The monoisotopic (exact) mass is 409 g/mol. The second-order valence-electron chi connectivity index (χ2n) is 7.84. The lowest BCUT2D eigenvalue weighted by atomic mass is 10.1. The summed E-state index contributed by atoms with van der Waals surface area (Å²) in [5.41, 5.74) is 2.07. The number of rotatable bonds is 7. The number of imide groups is 1. The number of amides is 4. The highest BCUT2D eigenvalue weighted by Crippen LogP contribution is 2.28. The molecule has 0 saturated carbocycles. The summed E-state index contributed by atoms with van der Waals surface area (Å²) >= 11 is 0. The Bertz CT molecular complexity index is 940. The molecule has 1 aliphatic rings. The largest absolute Gasteiger partial charge is 0.497 e. The minimum Gasteiger partial charge on any atom is -0.497 e. The molecule has 158 valence electrons. The zero-order valence-electron chi connectivity index (χ0n) is 17.7. The fourth-order valence-electron chi connectivity index (χ4n) is 3.50. The number of hydrogen-bond acceptors (Lipinski definition) is 4. The first-order valence-corrected chi connectivity index (χ1v) is 9.95.